The Morgan fingerprint density at radius 3 is 2.18 bits per heavy atom. The van der Waals surface area contributed by atoms with Crippen LogP contribution < -0.4 is 5.73 Å². The molecule has 0 spiro atoms. The van der Waals surface area contributed by atoms with Crippen LogP contribution in [0.3, 0.4) is 0 Å². The number of nitrogens with zero attached hydrogens (tertiary/aromatic N) is 2. The Morgan fingerprint density at radius 2 is 1.64 bits per heavy atom. The first-order valence-corrected chi connectivity index (χ1v) is 10.2. The van der Waals surface area contributed by atoms with Crippen LogP contribution in [0.1, 0.15) is 18.2 Å². The van der Waals surface area contributed by atoms with Crippen LogP contribution in [0.2, 0.25) is 0 Å². The van der Waals surface area contributed by atoms with Gasteiger partial charge in [0.1, 0.15) is 0 Å². The number of carboxylic acid groups (broad SMARTS) is 1. The van der Waals surface area contributed by atoms with Crippen LogP contribution in [-0.4, -0.2) is 27.2 Å². The zero-order valence-corrected chi connectivity index (χ0v) is 17.8. The molecule has 3 N–H and O–H groups in total. The third-order valence-electron chi connectivity index (χ3n) is 4.95. The molecule has 170 valence electrons. The minimum absolute atomic E-state index is 0.544. The molecule has 0 saturated heterocycles. The Bertz CT molecular complexity index is 1240. The molecule has 0 atom stereocenters. The minimum Gasteiger partial charge on any atom is -0.475 e. The van der Waals surface area contributed by atoms with Gasteiger partial charge in [0.15, 0.2) is 0 Å². The van der Waals surface area contributed by atoms with Gasteiger partial charge in [-0.3, -0.25) is 4.98 Å². The Balaban J connectivity index is 0.000000383. The molecule has 0 aliphatic rings. The van der Waals surface area contributed by atoms with Gasteiger partial charge in [-0.25, -0.2) is 9.78 Å². The molecule has 0 saturated carbocycles. The highest BCUT2D eigenvalue weighted by Gasteiger charge is 2.38. The lowest BCUT2D eigenvalue weighted by Gasteiger charge is -2.13. The van der Waals surface area contributed by atoms with E-state index in [-0.39, 0.29) is 0 Å². The predicted octanol–water partition coefficient (Wildman–Crippen LogP) is 5.62. The van der Waals surface area contributed by atoms with Crippen molar-refractivity contribution in [2.45, 2.75) is 26.1 Å². The van der Waals surface area contributed by atoms with E-state index in [1.165, 1.54) is 0 Å². The molecule has 0 amide bonds. The van der Waals surface area contributed by atoms with E-state index in [1.807, 2.05) is 18.3 Å². The fraction of sp³-hybridized carbons (Fsp3) is 0.160. The number of carbonyl (C=O) groups is 1. The Hall–Kier alpha value is -3.78. The number of nitrogens with two attached hydrogens (primary N) is 1. The van der Waals surface area contributed by atoms with Crippen LogP contribution >= 0.6 is 0 Å². The summed E-state index contributed by atoms with van der Waals surface area (Å²) in [6, 6.07) is 23.0. The summed E-state index contributed by atoms with van der Waals surface area (Å²) in [5, 5.41) is 8.25. The molecule has 0 fully saturated rings. The largest absolute Gasteiger partial charge is 0.490 e. The smallest absolute Gasteiger partial charge is 0.475 e. The zero-order valence-electron chi connectivity index (χ0n) is 17.8. The molecule has 0 radical (unpaired) electrons. The van der Waals surface area contributed by atoms with E-state index < -0.39 is 12.1 Å². The van der Waals surface area contributed by atoms with Gasteiger partial charge >= 0.3 is 12.1 Å². The Labute approximate surface area is 188 Å². The number of rotatable bonds is 4. The van der Waals surface area contributed by atoms with Crippen molar-refractivity contribution >= 4 is 16.9 Å². The van der Waals surface area contributed by atoms with Crippen molar-refractivity contribution in [2.24, 2.45) is 5.73 Å². The number of carboxylic acids is 1. The summed E-state index contributed by atoms with van der Waals surface area (Å²) in [4.78, 5) is 18.4. The molecule has 0 unspecified atom stereocenters. The lowest BCUT2D eigenvalue weighted by Crippen LogP contribution is -2.21. The van der Waals surface area contributed by atoms with Crippen molar-refractivity contribution in [3.05, 3.63) is 84.2 Å². The standard InChI is InChI=1S/C23H21N3.C2HF3O2/c1-2-21-20-14-19(17-6-4-3-5-7-17)23(26-22(20)12-13-25-21)18-10-8-16(15-24)9-11-18;3-2(4,5)1(6)7/h3-14H,2,15,24H2,1H3;(H,6,7). The second-order valence-corrected chi connectivity index (χ2v) is 7.13. The van der Waals surface area contributed by atoms with Gasteiger partial charge < -0.3 is 10.8 Å². The van der Waals surface area contributed by atoms with Crippen LogP contribution in [0.4, 0.5) is 13.2 Å². The first kappa shape index (κ1) is 23.9. The molecule has 2 aromatic heterocycles. The number of hydrogen-bond donors (Lipinski definition) is 2. The number of aromatic nitrogens is 2. The van der Waals surface area contributed by atoms with E-state index in [2.05, 4.69) is 66.5 Å². The molecular formula is C25H22F3N3O2. The number of fused-ring (bicyclic) bond motifs is 1. The van der Waals surface area contributed by atoms with Crippen molar-refractivity contribution in [1.82, 2.24) is 9.97 Å². The Morgan fingerprint density at radius 1 is 1.00 bits per heavy atom. The van der Waals surface area contributed by atoms with Crippen LogP contribution in [0.25, 0.3) is 33.3 Å². The van der Waals surface area contributed by atoms with Crippen molar-refractivity contribution < 1.29 is 23.1 Å². The number of pyridine rings is 2. The molecule has 0 aliphatic carbocycles. The minimum atomic E-state index is -5.08. The quantitative estimate of drug-likeness (QED) is 0.419. The highest BCUT2D eigenvalue weighted by molar-refractivity contribution is 5.92. The summed E-state index contributed by atoms with van der Waals surface area (Å²) in [5.41, 5.74) is 13.3. The summed E-state index contributed by atoms with van der Waals surface area (Å²) in [6.07, 6.45) is -2.35. The monoisotopic (exact) mass is 453 g/mol. The third-order valence-corrected chi connectivity index (χ3v) is 4.95. The zero-order chi connectivity index (χ0) is 24.0. The van der Waals surface area contributed by atoms with Gasteiger partial charge in [-0.2, -0.15) is 13.2 Å². The molecular weight excluding hydrogens is 431 g/mol. The maximum absolute atomic E-state index is 10.6. The van der Waals surface area contributed by atoms with E-state index in [0.717, 1.165) is 51.0 Å². The second-order valence-electron chi connectivity index (χ2n) is 7.13. The highest BCUT2D eigenvalue weighted by atomic mass is 19.4. The van der Waals surface area contributed by atoms with Crippen molar-refractivity contribution in [3.63, 3.8) is 0 Å². The number of halogens is 3. The topological polar surface area (TPSA) is 89.1 Å². The third kappa shape index (κ3) is 5.72. The lowest BCUT2D eigenvalue weighted by atomic mass is 9.96. The maximum atomic E-state index is 10.6. The van der Waals surface area contributed by atoms with Crippen LogP contribution in [-0.2, 0) is 17.8 Å². The average Bonchev–Trinajstić information content (AvgIpc) is 2.83. The van der Waals surface area contributed by atoms with Crippen molar-refractivity contribution in [2.75, 3.05) is 0 Å². The summed E-state index contributed by atoms with van der Waals surface area (Å²) < 4.78 is 31.7. The summed E-state index contributed by atoms with van der Waals surface area (Å²) in [5.74, 6) is -2.76. The highest BCUT2D eigenvalue weighted by Crippen LogP contribution is 2.34. The summed E-state index contributed by atoms with van der Waals surface area (Å²) >= 11 is 0. The normalized spacial score (nSPS) is 11.1. The fourth-order valence-corrected chi connectivity index (χ4v) is 3.29. The van der Waals surface area contributed by atoms with E-state index >= 15 is 0 Å². The van der Waals surface area contributed by atoms with Gasteiger partial charge in [0, 0.05) is 34.9 Å². The average molecular weight is 453 g/mol. The van der Waals surface area contributed by atoms with Gasteiger partial charge in [-0.1, -0.05) is 61.5 Å². The number of aryl methyl sites for hydroxylation is 1. The van der Waals surface area contributed by atoms with Gasteiger partial charge in [-0.05, 0) is 29.7 Å². The van der Waals surface area contributed by atoms with Gasteiger partial charge in [-0.15, -0.1) is 0 Å². The van der Waals surface area contributed by atoms with E-state index in [1.54, 1.807) is 0 Å². The lowest BCUT2D eigenvalue weighted by molar-refractivity contribution is -0.192. The van der Waals surface area contributed by atoms with Gasteiger partial charge in [0.2, 0.25) is 0 Å². The molecule has 0 bridgehead atoms. The first-order chi connectivity index (χ1) is 15.7. The molecule has 2 aromatic carbocycles. The van der Waals surface area contributed by atoms with E-state index in [4.69, 9.17) is 20.6 Å². The predicted molar refractivity (Wildman–Crippen MR) is 121 cm³/mol. The van der Waals surface area contributed by atoms with Crippen LogP contribution in [0.5, 0.6) is 0 Å². The fourth-order valence-electron chi connectivity index (χ4n) is 3.29. The molecule has 2 heterocycles. The molecule has 5 nitrogen and oxygen atoms in total. The summed E-state index contributed by atoms with van der Waals surface area (Å²) in [7, 11) is 0. The molecule has 4 aromatic rings. The SMILES string of the molecule is CCc1nccc2nc(-c3ccc(CN)cc3)c(-c3ccccc3)cc12.O=C(O)C(F)(F)F. The van der Waals surface area contributed by atoms with Gasteiger partial charge in [0.05, 0.1) is 11.2 Å². The van der Waals surface area contributed by atoms with Crippen LogP contribution in [0.15, 0.2) is 72.9 Å². The van der Waals surface area contributed by atoms with E-state index in [0.29, 0.717) is 6.54 Å². The first-order valence-electron chi connectivity index (χ1n) is 10.2. The number of aliphatic carboxylic acids is 1. The number of benzene rings is 2. The number of hydrogen-bond acceptors (Lipinski definition) is 4. The van der Waals surface area contributed by atoms with Crippen molar-refractivity contribution in [1.29, 1.82) is 0 Å². The van der Waals surface area contributed by atoms with Crippen molar-refractivity contribution in [3.8, 4) is 22.4 Å². The molecule has 0 aliphatic heterocycles. The summed E-state index contributed by atoms with van der Waals surface area (Å²) in [6.45, 7) is 2.67. The number of alkyl halides is 3. The molecule has 8 heteroatoms. The molecule has 33 heavy (non-hydrogen) atoms. The van der Waals surface area contributed by atoms with Crippen LogP contribution in [0, 0.1) is 0 Å². The van der Waals surface area contributed by atoms with Gasteiger partial charge in [0.25, 0.3) is 0 Å². The second kappa shape index (κ2) is 10.2. The van der Waals surface area contributed by atoms with E-state index in [9.17, 15) is 13.2 Å². The maximum Gasteiger partial charge on any atom is 0.490 e. The molecule has 4 rings (SSSR count). The Kier molecular flexibility index (Phi) is 7.40.